The zero-order chi connectivity index (χ0) is 11.1. The van der Waals surface area contributed by atoms with E-state index in [0.29, 0.717) is 18.8 Å². The molecule has 0 N–H and O–H groups in total. The van der Waals surface area contributed by atoms with E-state index in [-0.39, 0.29) is 5.91 Å². The molecule has 0 atom stereocenters. The first-order chi connectivity index (χ1) is 7.27. The van der Waals surface area contributed by atoms with Gasteiger partial charge in [-0.1, -0.05) is 30.3 Å². The number of halogens is 1. The third-order valence-electron chi connectivity index (χ3n) is 2.26. The van der Waals surface area contributed by atoms with Gasteiger partial charge in [-0.25, -0.2) is 0 Å². The maximum Gasteiger partial charge on any atom is 0.224 e. The second-order valence-electron chi connectivity index (χ2n) is 3.33. The van der Waals surface area contributed by atoms with Crippen molar-refractivity contribution in [3.63, 3.8) is 0 Å². The van der Waals surface area contributed by atoms with E-state index < -0.39 is 0 Å². The Morgan fingerprint density at radius 2 is 2.00 bits per heavy atom. The summed E-state index contributed by atoms with van der Waals surface area (Å²) in [5.41, 5.74) is 1.15. The summed E-state index contributed by atoms with van der Waals surface area (Å²) < 4.78 is 0. The van der Waals surface area contributed by atoms with Gasteiger partial charge in [-0.15, -0.1) is 11.6 Å². The summed E-state index contributed by atoms with van der Waals surface area (Å²) in [5, 5.41) is 0. The van der Waals surface area contributed by atoms with Gasteiger partial charge in [0.25, 0.3) is 0 Å². The summed E-state index contributed by atoms with van der Waals surface area (Å²) >= 11 is 5.55. The van der Waals surface area contributed by atoms with Crippen molar-refractivity contribution in [2.75, 3.05) is 12.4 Å². The Kier molecular flexibility index (Phi) is 5.19. The Morgan fingerprint density at radius 3 is 2.53 bits per heavy atom. The van der Waals surface area contributed by atoms with Crippen molar-refractivity contribution in [1.29, 1.82) is 0 Å². The van der Waals surface area contributed by atoms with Crippen molar-refractivity contribution in [3.05, 3.63) is 35.9 Å². The van der Waals surface area contributed by atoms with Crippen LogP contribution in [0.3, 0.4) is 0 Å². The number of nitrogens with zero attached hydrogens (tertiary/aromatic N) is 1. The minimum absolute atomic E-state index is 0.122. The van der Waals surface area contributed by atoms with Crippen molar-refractivity contribution >= 4 is 17.5 Å². The average Bonchev–Trinajstić information content (AvgIpc) is 2.27. The van der Waals surface area contributed by atoms with Crippen molar-refractivity contribution < 1.29 is 4.79 Å². The standard InChI is InChI=1S/C12H16ClNO/c1-2-14(12(15)8-9-13)10-11-6-4-3-5-7-11/h3-7H,2,8-10H2,1H3. The Balaban J connectivity index is 2.58. The molecule has 1 aromatic carbocycles. The van der Waals surface area contributed by atoms with Gasteiger partial charge < -0.3 is 4.90 Å². The highest BCUT2D eigenvalue weighted by Gasteiger charge is 2.10. The number of hydrogen-bond donors (Lipinski definition) is 0. The monoisotopic (exact) mass is 225 g/mol. The fourth-order valence-electron chi connectivity index (χ4n) is 1.42. The molecule has 0 bridgehead atoms. The van der Waals surface area contributed by atoms with Crippen LogP contribution in [-0.2, 0) is 11.3 Å². The van der Waals surface area contributed by atoms with Crippen LogP contribution in [0.5, 0.6) is 0 Å². The summed E-state index contributed by atoms with van der Waals surface area (Å²) in [6, 6.07) is 9.98. The van der Waals surface area contributed by atoms with Crippen LogP contribution in [0.2, 0.25) is 0 Å². The highest BCUT2D eigenvalue weighted by atomic mass is 35.5. The van der Waals surface area contributed by atoms with Crippen LogP contribution in [0.15, 0.2) is 30.3 Å². The minimum atomic E-state index is 0.122. The van der Waals surface area contributed by atoms with Gasteiger partial charge in [-0.05, 0) is 12.5 Å². The van der Waals surface area contributed by atoms with Crippen LogP contribution in [-0.4, -0.2) is 23.2 Å². The molecular weight excluding hydrogens is 210 g/mol. The smallest absolute Gasteiger partial charge is 0.224 e. The molecule has 0 heterocycles. The first-order valence-electron chi connectivity index (χ1n) is 5.15. The first-order valence-corrected chi connectivity index (χ1v) is 5.69. The Hall–Kier alpha value is -1.02. The molecule has 0 radical (unpaired) electrons. The number of hydrogen-bond acceptors (Lipinski definition) is 1. The fraction of sp³-hybridized carbons (Fsp3) is 0.417. The van der Waals surface area contributed by atoms with Crippen molar-refractivity contribution in [2.45, 2.75) is 19.9 Å². The molecule has 0 aliphatic rings. The lowest BCUT2D eigenvalue weighted by Crippen LogP contribution is -2.30. The molecule has 0 spiro atoms. The van der Waals surface area contributed by atoms with E-state index in [1.807, 2.05) is 42.2 Å². The molecule has 82 valence electrons. The number of alkyl halides is 1. The lowest BCUT2D eigenvalue weighted by atomic mass is 10.2. The summed E-state index contributed by atoms with van der Waals surface area (Å²) in [5.74, 6) is 0.515. The van der Waals surface area contributed by atoms with Gasteiger partial charge in [0.1, 0.15) is 0 Å². The first kappa shape index (κ1) is 12.1. The Morgan fingerprint density at radius 1 is 1.33 bits per heavy atom. The molecule has 1 amide bonds. The zero-order valence-corrected chi connectivity index (χ0v) is 9.70. The van der Waals surface area contributed by atoms with Gasteiger partial charge in [0.05, 0.1) is 0 Å². The third-order valence-corrected chi connectivity index (χ3v) is 2.45. The van der Waals surface area contributed by atoms with E-state index in [4.69, 9.17) is 11.6 Å². The SMILES string of the molecule is CCN(Cc1ccccc1)C(=O)CCCl. The molecular formula is C12H16ClNO. The number of carbonyl (C=O) groups is 1. The van der Waals surface area contributed by atoms with E-state index in [0.717, 1.165) is 12.1 Å². The number of rotatable bonds is 5. The van der Waals surface area contributed by atoms with Crippen molar-refractivity contribution in [1.82, 2.24) is 4.90 Å². The molecule has 0 saturated heterocycles. The van der Waals surface area contributed by atoms with Gasteiger partial charge >= 0.3 is 0 Å². The topological polar surface area (TPSA) is 20.3 Å². The van der Waals surface area contributed by atoms with Gasteiger partial charge in [0.2, 0.25) is 5.91 Å². The summed E-state index contributed by atoms with van der Waals surface area (Å²) in [6.07, 6.45) is 0.419. The predicted octanol–water partition coefficient (Wildman–Crippen LogP) is 2.66. The molecule has 1 rings (SSSR count). The average molecular weight is 226 g/mol. The molecule has 0 aromatic heterocycles. The molecule has 1 aromatic rings. The van der Waals surface area contributed by atoms with Crippen LogP contribution in [0.4, 0.5) is 0 Å². The lowest BCUT2D eigenvalue weighted by molar-refractivity contribution is -0.131. The molecule has 0 aliphatic carbocycles. The molecule has 0 fully saturated rings. The van der Waals surface area contributed by atoms with Gasteiger partial charge in [0.15, 0.2) is 0 Å². The van der Waals surface area contributed by atoms with Crippen LogP contribution in [0.1, 0.15) is 18.9 Å². The Labute approximate surface area is 95.8 Å². The number of amides is 1. The lowest BCUT2D eigenvalue weighted by Gasteiger charge is -2.20. The van der Waals surface area contributed by atoms with Crippen LogP contribution in [0, 0.1) is 0 Å². The fourth-order valence-corrected chi connectivity index (χ4v) is 1.58. The molecule has 0 saturated carbocycles. The molecule has 3 heteroatoms. The van der Waals surface area contributed by atoms with E-state index >= 15 is 0 Å². The maximum absolute atomic E-state index is 11.6. The molecule has 0 aliphatic heterocycles. The third kappa shape index (κ3) is 3.92. The van der Waals surface area contributed by atoms with E-state index in [2.05, 4.69) is 0 Å². The van der Waals surface area contributed by atoms with E-state index in [1.165, 1.54) is 0 Å². The molecule has 2 nitrogen and oxygen atoms in total. The highest BCUT2D eigenvalue weighted by molar-refractivity contribution is 6.18. The Bertz CT molecular complexity index is 300. The zero-order valence-electron chi connectivity index (χ0n) is 8.95. The molecule has 0 unspecified atom stereocenters. The van der Waals surface area contributed by atoms with Crippen molar-refractivity contribution in [2.24, 2.45) is 0 Å². The summed E-state index contributed by atoms with van der Waals surface area (Å²) in [6.45, 7) is 3.38. The van der Waals surface area contributed by atoms with Gasteiger partial charge in [-0.2, -0.15) is 0 Å². The number of benzene rings is 1. The van der Waals surface area contributed by atoms with Crippen LogP contribution >= 0.6 is 11.6 Å². The maximum atomic E-state index is 11.6. The minimum Gasteiger partial charge on any atom is -0.339 e. The van der Waals surface area contributed by atoms with Crippen LogP contribution < -0.4 is 0 Å². The summed E-state index contributed by atoms with van der Waals surface area (Å²) in [4.78, 5) is 13.4. The highest BCUT2D eigenvalue weighted by Crippen LogP contribution is 2.06. The second-order valence-corrected chi connectivity index (χ2v) is 3.71. The number of carbonyl (C=O) groups excluding carboxylic acids is 1. The predicted molar refractivity (Wildman–Crippen MR) is 62.9 cm³/mol. The van der Waals surface area contributed by atoms with E-state index in [9.17, 15) is 4.79 Å². The quantitative estimate of drug-likeness (QED) is 0.706. The van der Waals surface area contributed by atoms with Gasteiger partial charge in [0, 0.05) is 25.4 Å². The van der Waals surface area contributed by atoms with Crippen LogP contribution in [0.25, 0.3) is 0 Å². The van der Waals surface area contributed by atoms with Crippen molar-refractivity contribution in [3.8, 4) is 0 Å². The largest absolute Gasteiger partial charge is 0.339 e. The summed E-state index contributed by atoms with van der Waals surface area (Å²) in [7, 11) is 0. The van der Waals surface area contributed by atoms with E-state index in [1.54, 1.807) is 0 Å². The molecule has 15 heavy (non-hydrogen) atoms. The van der Waals surface area contributed by atoms with Gasteiger partial charge in [-0.3, -0.25) is 4.79 Å². The normalized spacial score (nSPS) is 10.0. The second kappa shape index (κ2) is 6.46.